The molecule has 1 rings (SSSR count). The highest BCUT2D eigenvalue weighted by molar-refractivity contribution is 6.12. The molecule has 0 spiro atoms. The maximum atomic E-state index is 13.2. The van der Waals surface area contributed by atoms with E-state index >= 15 is 0 Å². The van der Waals surface area contributed by atoms with E-state index in [1.807, 2.05) is 0 Å². The maximum absolute atomic E-state index is 13.2. The summed E-state index contributed by atoms with van der Waals surface area (Å²) in [6, 6.07) is 0. The van der Waals surface area contributed by atoms with Crippen LogP contribution in [0.3, 0.4) is 0 Å². The molecule has 0 aromatic carbocycles. The second-order valence-corrected chi connectivity index (χ2v) is 14.8. The van der Waals surface area contributed by atoms with Gasteiger partial charge in [-0.15, -0.1) is 0 Å². The molecule has 0 radical (unpaired) electrons. The fourth-order valence-electron chi connectivity index (χ4n) is 4.64. The van der Waals surface area contributed by atoms with Crippen molar-refractivity contribution in [3.05, 3.63) is 12.2 Å². The first-order valence-corrected chi connectivity index (χ1v) is 16.8. The molecule has 0 atom stereocenters. The number of hydrogen-bond donors (Lipinski definition) is 1. The van der Waals surface area contributed by atoms with Crippen molar-refractivity contribution < 1.29 is 57.2 Å². The van der Waals surface area contributed by atoms with Gasteiger partial charge >= 0.3 is 17.9 Å². The van der Waals surface area contributed by atoms with Gasteiger partial charge in [-0.3, -0.25) is 33.7 Å². The van der Waals surface area contributed by atoms with Crippen molar-refractivity contribution in [2.24, 2.45) is 0 Å². The van der Waals surface area contributed by atoms with Gasteiger partial charge in [0, 0.05) is 43.4 Å². The van der Waals surface area contributed by atoms with E-state index in [1.165, 1.54) is 12.2 Å². The van der Waals surface area contributed by atoms with E-state index in [9.17, 15) is 28.8 Å². The van der Waals surface area contributed by atoms with Crippen molar-refractivity contribution in [3.63, 3.8) is 0 Å². The average Bonchev–Trinajstić information content (AvgIpc) is 3.26. The fraction of sp³-hybridized carbons (Fsp3) is 0.771. The summed E-state index contributed by atoms with van der Waals surface area (Å²) in [6.07, 6.45) is 2.64. The summed E-state index contributed by atoms with van der Waals surface area (Å²) >= 11 is 0. The topological polar surface area (TPSA) is 173 Å². The number of nitrogens with one attached hydrogen (secondary N) is 1. The zero-order chi connectivity index (χ0) is 37.3. The molecule has 0 aromatic heterocycles. The second-order valence-electron chi connectivity index (χ2n) is 14.8. The highest BCUT2D eigenvalue weighted by Gasteiger charge is 2.35. The number of carbonyl (C=O) groups is 6. The van der Waals surface area contributed by atoms with Gasteiger partial charge < -0.3 is 33.7 Å². The Kier molecular flexibility index (Phi) is 18.1. The molecule has 14 nitrogen and oxygen atoms in total. The van der Waals surface area contributed by atoms with Gasteiger partial charge in [-0.25, -0.2) is 0 Å². The number of rotatable bonds is 22. The van der Waals surface area contributed by atoms with E-state index in [4.69, 9.17) is 28.4 Å². The van der Waals surface area contributed by atoms with Crippen molar-refractivity contribution >= 4 is 35.6 Å². The molecule has 1 aliphatic heterocycles. The number of ether oxygens (including phenoxy) is 6. The predicted octanol–water partition coefficient (Wildman–Crippen LogP) is 3.57. The number of hydrogen-bond acceptors (Lipinski definition) is 12. The second kappa shape index (κ2) is 20.3. The smallest absolute Gasteiger partial charge is 0.306 e. The number of carbonyl (C=O) groups excluding carboxylic acids is 6. The van der Waals surface area contributed by atoms with E-state index in [2.05, 4.69) is 5.32 Å². The minimum Gasteiger partial charge on any atom is -0.460 e. The van der Waals surface area contributed by atoms with E-state index in [1.54, 1.807) is 62.3 Å². The van der Waals surface area contributed by atoms with Crippen LogP contribution in [0.5, 0.6) is 0 Å². The lowest BCUT2D eigenvalue weighted by atomic mass is 9.83. The van der Waals surface area contributed by atoms with Crippen LogP contribution >= 0.6 is 0 Å². The van der Waals surface area contributed by atoms with Gasteiger partial charge in [0.15, 0.2) is 0 Å². The van der Waals surface area contributed by atoms with Gasteiger partial charge in [0.05, 0.1) is 46.2 Å². The molecule has 0 aromatic rings. The molecule has 1 N–H and O–H groups in total. The number of imide groups is 1. The van der Waals surface area contributed by atoms with Crippen LogP contribution in [0.2, 0.25) is 0 Å². The van der Waals surface area contributed by atoms with Crippen LogP contribution in [0.25, 0.3) is 0 Å². The molecule has 280 valence electrons. The average molecular weight is 699 g/mol. The van der Waals surface area contributed by atoms with Crippen molar-refractivity contribution in [2.45, 2.75) is 130 Å². The van der Waals surface area contributed by atoms with Crippen molar-refractivity contribution in [1.82, 2.24) is 10.2 Å². The van der Waals surface area contributed by atoms with Crippen LogP contribution in [0.1, 0.15) is 107 Å². The normalized spacial score (nSPS) is 13.9. The molecule has 49 heavy (non-hydrogen) atoms. The Bertz CT molecular complexity index is 1050. The quantitative estimate of drug-likeness (QED) is 0.0755. The van der Waals surface area contributed by atoms with Crippen LogP contribution in [-0.4, -0.2) is 109 Å². The minimum absolute atomic E-state index is 0.0149. The standard InChI is InChI=1S/C35H58N2O12/c1-32(2,3)47-29(41)12-16-35(17-13-30(42)48-33(4,5)6,18-14-31(43)49-34(7,8)9)36-26(38)15-20-44-22-24-46-25-23-45-21-19-37-27(39)10-11-28(37)40/h10-11H,12-25H2,1-9H3,(H,36,38). The molecule has 0 saturated carbocycles. The summed E-state index contributed by atoms with van der Waals surface area (Å²) in [6.45, 7) is 17.3. The molecular weight excluding hydrogens is 640 g/mol. The first-order chi connectivity index (χ1) is 22.6. The first-order valence-electron chi connectivity index (χ1n) is 16.8. The summed E-state index contributed by atoms with van der Waals surface area (Å²) < 4.78 is 32.9. The number of amides is 3. The predicted molar refractivity (Wildman–Crippen MR) is 179 cm³/mol. The summed E-state index contributed by atoms with van der Waals surface area (Å²) in [7, 11) is 0. The fourth-order valence-corrected chi connectivity index (χ4v) is 4.64. The third kappa shape index (κ3) is 21.4. The summed E-state index contributed by atoms with van der Waals surface area (Å²) in [5.74, 6) is -2.50. The molecule has 0 saturated heterocycles. The molecule has 1 aliphatic rings. The van der Waals surface area contributed by atoms with E-state index in [0.717, 1.165) is 4.90 Å². The van der Waals surface area contributed by atoms with Crippen LogP contribution in [0.4, 0.5) is 0 Å². The lowest BCUT2D eigenvalue weighted by Crippen LogP contribution is -2.50. The summed E-state index contributed by atoms with van der Waals surface area (Å²) in [5, 5.41) is 3.00. The van der Waals surface area contributed by atoms with Crippen molar-refractivity contribution in [3.8, 4) is 0 Å². The maximum Gasteiger partial charge on any atom is 0.306 e. The summed E-state index contributed by atoms with van der Waals surface area (Å²) in [5.41, 5.74) is -3.24. The largest absolute Gasteiger partial charge is 0.460 e. The minimum atomic E-state index is -1.11. The lowest BCUT2D eigenvalue weighted by molar-refractivity contribution is -0.156. The molecule has 0 aliphatic carbocycles. The SMILES string of the molecule is CC(C)(C)OC(=O)CCC(CCC(=O)OC(C)(C)C)(CCC(=O)OC(C)(C)C)NC(=O)CCOCCOCCOCCN1C(=O)C=CC1=O. The molecule has 0 bridgehead atoms. The van der Waals surface area contributed by atoms with Crippen LogP contribution < -0.4 is 5.32 Å². The first kappa shape index (κ1) is 43.7. The molecule has 0 fully saturated rings. The van der Waals surface area contributed by atoms with Gasteiger partial charge in [0.2, 0.25) is 5.91 Å². The van der Waals surface area contributed by atoms with E-state index < -0.39 is 40.2 Å². The number of esters is 3. The molecule has 0 unspecified atom stereocenters. The third-order valence-corrected chi connectivity index (χ3v) is 6.66. The Morgan fingerprint density at radius 3 is 1.27 bits per heavy atom. The van der Waals surface area contributed by atoms with E-state index in [-0.39, 0.29) is 109 Å². The van der Waals surface area contributed by atoms with E-state index in [0.29, 0.717) is 0 Å². The summed E-state index contributed by atoms with van der Waals surface area (Å²) in [4.78, 5) is 75.5. The van der Waals surface area contributed by atoms with Crippen molar-refractivity contribution in [2.75, 3.05) is 46.2 Å². The number of nitrogens with zero attached hydrogens (tertiary/aromatic N) is 1. The Balaban J connectivity index is 2.72. The zero-order valence-electron chi connectivity index (χ0n) is 30.9. The van der Waals surface area contributed by atoms with Crippen molar-refractivity contribution in [1.29, 1.82) is 0 Å². The Hall–Kier alpha value is -3.36. The zero-order valence-corrected chi connectivity index (χ0v) is 30.9. The van der Waals surface area contributed by atoms with Gasteiger partial charge in [0.25, 0.3) is 11.8 Å². The molecule has 14 heteroatoms. The highest BCUT2D eigenvalue weighted by Crippen LogP contribution is 2.28. The molecule has 1 heterocycles. The molecular formula is C35H58N2O12. The Morgan fingerprint density at radius 1 is 0.551 bits per heavy atom. The van der Waals surface area contributed by atoms with Gasteiger partial charge in [-0.2, -0.15) is 0 Å². The van der Waals surface area contributed by atoms with Gasteiger partial charge in [-0.1, -0.05) is 0 Å². The van der Waals surface area contributed by atoms with Crippen LogP contribution in [-0.2, 0) is 57.2 Å². The molecule has 3 amide bonds. The van der Waals surface area contributed by atoms with Gasteiger partial charge in [-0.05, 0) is 81.6 Å². The lowest BCUT2D eigenvalue weighted by Gasteiger charge is -2.36. The third-order valence-electron chi connectivity index (χ3n) is 6.66. The van der Waals surface area contributed by atoms with Crippen LogP contribution in [0.15, 0.2) is 12.2 Å². The monoisotopic (exact) mass is 698 g/mol. The Labute approximate surface area is 290 Å². The van der Waals surface area contributed by atoms with Gasteiger partial charge in [0.1, 0.15) is 16.8 Å². The van der Waals surface area contributed by atoms with Crippen LogP contribution in [0, 0.1) is 0 Å². The Morgan fingerprint density at radius 2 is 0.898 bits per heavy atom. The highest BCUT2D eigenvalue weighted by atomic mass is 16.6.